The quantitative estimate of drug-likeness (QED) is 0.567. The first-order chi connectivity index (χ1) is 15.7. The molecule has 0 radical (unpaired) electrons. The topological polar surface area (TPSA) is 62.3 Å². The van der Waals surface area contributed by atoms with Gasteiger partial charge in [0, 0.05) is 29.1 Å². The van der Waals surface area contributed by atoms with Gasteiger partial charge in [-0.05, 0) is 42.5 Å². The molecule has 1 fully saturated rings. The van der Waals surface area contributed by atoms with E-state index in [9.17, 15) is 9.59 Å². The standard InChI is InChI=1S/C26H27N3O2S/c30-24(15-18-7-3-1-4-8-18)28-26-27-22(17-32-26)20-11-12-23-21(16-20)13-14-29(23)25(31)19-9-5-2-6-10-19/h1,3-4,7-8,11-12,16-17,19H,2,5-6,9-10,13-15H2,(H,27,28,30). The molecule has 0 atom stereocenters. The molecule has 1 N–H and O–H groups in total. The van der Waals surface area contributed by atoms with Crippen LogP contribution in [-0.4, -0.2) is 23.3 Å². The highest BCUT2D eigenvalue weighted by molar-refractivity contribution is 7.14. The van der Waals surface area contributed by atoms with Gasteiger partial charge >= 0.3 is 0 Å². The van der Waals surface area contributed by atoms with Crippen LogP contribution in [0, 0.1) is 5.92 Å². The third kappa shape index (κ3) is 4.46. The lowest BCUT2D eigenvalue weighted by Gasteiger charge is -2.26. The zero-order valence-corrected chi connectivity index (χ0v) is 18.9. The van der Waals surface area contributed by atoms with Gasteiger partial charge in [-0.25, -0.2) is 4.98 Å². The van der Waals surface area contributed by atoms with Gasteiger partial charge in [0.1, 0.15) is 0 Å². The molecule has 1 saturated carbocycles. The van der Waals surface area contributed by atoms with Gasteiger partial charge in [-0.15, -0.1) is 11.3 Å². The SMILES string of the molecule is O=C(Cc1ccccc1)Nc1nc(-c2ccc3c(c2)CCN3C(=O)C2CCCCC2)cs1. The van der Waals surface area contributed by atoms with Crippen molar-refractivity contribution >= 4 is 34.0 Å². The number of nitrogens with one attached hydrogen (secondary N) is 1. The minimum absolute atomic E-state index is 0.0667. The predicted molar refractivity (Wildman–Crippen MR) is 129 cm³/mol. The van der Waals surface area contributed by atoms with Crippen molar-refractivity contribution in [1.82, 2.24) is 4.98 Å². The number of hydrogen-bond donors (Lipinski definition) is 1. The molecule has 5 nitrogen and oxygen atoms in total. The second-order valence-electron chi connectivity index (χ2n) is 8.67. The zero-order valence-electron chi connectivity index (χ0n) is 18.0. The Morgan fingerprint density at radius 2 is 1.88 bits per heavy atom. The maximum absolute atomic E-state index is 13.0. The lowest BCUT2D eigenvalue weighted by molar-refractivity contribution is -0.123. The van der Waals surface area contributed by atoms with Gasteiger partial charge in [-0.1, -0.05) is 55.7 Å². The molecule has 5 rings (SSSR count). The molecular formula is C26H27N3O2S. The predicted octanol–water partition coefficient (Wildman–Crippen LogP) is 5.46. The molecule has 32 heavy (non-hydrogen) atoms. The number of carbonyl (C=O) groups excluding carboxylic acids is 2. The number of amides is 2. The van der Waals surface area contributed by atoms with Crippen LogP contribution in [0.2, 0.25) is 0 Å². The second-order valence-corrected chi connectivity index (χ2v) is 9.52. The van der Waals surface area contributed by atoms with E-state index in [1.54, 1.807) is 0 Å². The highest BCUT2D eigenvalue weighted by Gasteiger charge is 2.31. The van der Waals surface area contributed by atoms with E-state index in [1.807, 2.05) is 46.7 Å². The fraction of sp³-hybridized carbons (Fsp3) is 0.346. The third-order valence-corrected chi connectivity index (χ3v) is 7.21. The van der Waals surface area contributed by atoms with Crippen LogP contribution in [0.4, 0.5) is 10.8 Å². The van der Waals surface area contributed by atoms with Gasteiger partial charge < -0.3 is 10.2 Å². The molecule has 3 aromatic rings. The minimum atomic E-state index is -0.0667. The molecule has 1 aliphatic carbocycles. The molecule has 2 heterocycles. The highest BCUT2D eigenvalue weighted by atomic mass is 32.1. The summed E-state index contributed by atoms with van der Waals surface area (Å²) < 4.78 is 0. The van der Waals surface area contributed by atoms with Crippen LogP contribution < -0.4 is 10.2 Å². The van der Waals surface area contributed by atoms with Gasteiger partial charge in [-0.3, -0.25) is 9.59 Å². The Balaban J connectivity index is 1.26. The smallest absolute Gasteiger partial charge is 0.230 e. The van der Waals surface area contributed by atoms with Crippen LogP contribution >= 0.6 is 11.3 Å². The lowest BCUT2D eigenvalue weighted by Crippen LogP contribution is -2.35. The highest BCUT2D eigenvalue weighted by Crippen LogP contribution is 2.36. The average molecular weight is 446 g/mol. The van der Waals surface area contributed by atoms with E-state index >= 15 is 0 Å². The Labute approximate surface area is 192 Å². The van der Waals surface area contributed by atoms with Crippen molar-refractivity contribution in [1.29, 1.82) is 0 Å². The van der Waals surface area contributed by atoms with Crippen LogP contribution in [-0.2, 0) is 22.4 Å². The maximum Gasteiger partial charge on any atom is 0.230 e. The Kier molecular flexibility index (Phi) is 6.04. The van der Waals surface area contributed by atoms with Gasteiger partial charge in [-0.2, -0.15) is 0 Å². The summed E-state index contributed by atoms with van der Waals surface area (Å²) in [4.78, 5) is 32.0. The summed E-state index contributed by atoms with van der Waals surface area (Å²) in [6.07, 6.45) is 6.87. The fourth-order valence-electron chi connectivity index (χ4n) is 4.77. The fourth-order valence-corrected chi connectivity index (χ4v) is 5.50. The number of hydrogen-bond acceptors (Lipinski definition) is 4. The molecule has 164 valence electrons. The number of anilines is 2. The monoisotopic (exact) mass is 445 g/mol. The van der Waals surface area contributed by atoms with E-state index in [1.165, 1.54) is 36.2 Å². The van der Waals surface area contributed by atoms with Crippen LogP contribution in [0.25, 0.3) is 11.3 Å². The van der Waals surface area contributed by atoms with Crippen LogP contribution in [0.1, 0.15) is 43.2 Å². The largest absolute Gasteiger partial charge is 0.312 e. The summed E-state index contributed by atoms with van der Waals surface area (Å²) in [5.74, 6) is 0.422. The van der Waals surface area contributed by atoms with Crippen molar-refractivity contribution in [3.8, 4) is 11.3 Å². The maximum atomic E-state index is 13.0. The van der Waals surface area contributed by atoms with Crippen molar-refractivity contribution < 1.29 is 9.59 Å². The van der Waals surface area contributed by atoms with E-state index in [0.717, 1.165) is 48.3 Å². The van der Waals surface area contributed by atoms with Gasteiger partial charge in [0.05, 0.1) is 12.1 Å². The zero-order chi connectivity index (χ0) is 21.9. The summed E-state index contributed by atoms with van der Waals surface area (Å²) in [5.41, 5.74) is 5.11. The molecule has 2 amide bonds. The lowest BCUT2D eigenvalue weighted by atomic mass is 9.88. The average Bonchev–Trinajstić information content (AvgIpc) is 3.46. The molecule has 0 saturated heterocycles. The molecular weight excluding hydrogens is 418 g/mol. The normalized spacial score (nSPS) is 16.1. The van der Waals surface area contributed by atoms with E-state index in [4.69, 9.17) is 0 Å². The van der Waals surface area contributed by atoms with Crippen LogP contribution in [0.5, 0.6) is 0 Å². The number of thiazole rings is 1. The van der Waals surface area contributed by atoms with E-state index in [2.05, 4.69) is 22.4 Å². The minimum Gasteiger partial charge on any atom is -0.312 e. The molecule has 1 aromatic heterocycles. The summed E-state index contributed by atoms with van der Waals surface area (Å²) >= 11 is 1.43. The van der Waals surface area contributed by atoms with Crippen molar-refractivity contribution in [2.75, 3.05) is 16.8 Å². The summed E-state index contributed by atoms with van der Waals surface area (Å²) in [6, 6.07) is 15.9. The number of aromatic nitrogens is 1. The van der Waals surface area contributed by atoms with Gasteiger partial charge in [0.25, 0.3) is 0 Å². The molecule has 1 aliphatic heterocycles. The van der Waals surface area contributed by atoms with E-state index < -0.39 is 0 Å². The molecule has 0 bridgehead atoms. The Morgan fingerprint density at radius 3 is 2.69 bits per heavy atom. The molecule has 0 spiro atoms. The molecule has 6 heteroatoms. The molecule has 0 unspecified atom stereocenters. The van der Waals surface area contributed by atoms with Crippen molar-refractivity contribution in [3.63, 3.8) is 0 Å². The Hall–Kier alpha value is -2.99. The third-order valence-electron chi connectivity index (χ3n) is 6.45. The van der Waals surface area contributed by atoms with Gasteiger partial charge in [0.15, 0.2) is 5.13 Å². The first-order valence-corrected chi connectivity index (χ1v) is 12.3. The number of fused-ring (bicyclic) bond motifs is 1. The summed E-state index contributed by atoms with van der Waals surface area (Å²) in [5, 5.41) is 5.49. The number of benzene rings is 2. The van der Waals surface area contributed by atoms with E-state index in [-0.39, 0.29) is 11.8 Å². The van der Waals surface area contributed by atoms with Crippen molar-refractivity contribution in [2.24, 2.45) is 5.92 Å². The van der Waals surface area contributed by atoms with Crippen LogP contribution in [0.3, 0.4) is 0 Å². The first-order valence-electron chi connectivity index (χ1n) is 11.4. The number of rotatable bonds is 5. The van der Waals surface area contributed by atoms with E-state index in [0.29, 0.717) is 17.5 Å². The summed E-state index contributed by atoms with van der Waals surface area (Å²) in [7, 11) is 0. The number of nitrogens with zero attached hydrogens (tertiary/aromatic N) is 2. The summed E-state index contributed by atoms with van der Waals surface area (Å²) in [6.45, 7) is 0.770. The number of carbonyl (C=O) groups is 2. The second kappa shape index (κ2) is 9.25. The Bertz CT molecular complexity index is 1120. The molecule has 2 aliphatic rings. The van der Waals surface area contributed by atoms with Crippen molar-refractivity contribution in [3.05, 3.63) is 65.0 Å². The van der Waals surface area contributed by atoms with Crippen LogP contribution in [0.15, 0.2) is 53.9 Å². The van der Waals surface area contributed by atoms with Crippen molar-refractivity contribution in [2.45, 2.75) is 44.9 Å². The molecule has 2 aromatic carbocycles. The first kappa shape index (κ1) is 20.9. The Morgan fingerprint density at radius 1 is 1.06 bits per heavy atom. The van der Waals surface area contributed by atoms with Gasteiger partial charge in [0.2, 0.25) is 11.8 Å².